The molecule has 0 rings (SSSR count). The van der Waals surface area contributed by atoms with Gasteiger partial charge < -0.3 is 9.16 Å². The van der Waals surface area contributed by atoms with Gasteiger partial charge in [0.1, 0.15) is 0 Å². The van der Waals surface area contributed by atoms with Crippen molar-refractivity contribution in [3.8, 4) is 0 Å². The highest BCUT2D eigenvalue weighted by Gasteiger charge is 2.00. The maximum Gasteiger partial charge on any atom is 0.189 e. The maximum absolute atomic E-state index is 5.08. The van der Waals surface area contributed by atoms with E-state index in [1.165, 1.54) is 6.26 Å². The molecule has 54 valence electrons. The minimum absolute atomic E-state index is 0.0424. The van der Waals surface area contributed by atoms with E-state index in [-0.39, 0.29) is 6.29 Å². The van der Waals surface area contributed by atoms with Crippen molar-refractivity contribution in [3.63, 3.8) is 0 Å². The van der Waals surface area contributed by atoms with Gasteiger partial charge in [0.25, 0.3) is 0 Å². The normalized spacial score (nSPS) is 13.0. The van der Waals surface area contributed by atoms with Crippen LogP contribution in [0.25, 0.3) is 0 Å². The molecule has 0 amide bonds. The van der Waals surface area contributed by atoms with Crippen molar-refractivity contribution in [2.24, 2.45) is 0 Å². The monoisotopic (exact) mass is 146 g/mol. The molecule has 0 heterocycles. The first-order valence-corrected chi connectivity index (χ1v) is 3.96. The molecule has 3 heteroatoms. The Morgan fingerprint density at radius 2 is 2.44 bits per heavy atom. The Balaban J connectivity index is 3.28. The molecule has 1 atom stereocenters. The summed E-state index contributed by atoms with van der Waals surface area (Å²) in [6.45, 7) is 5.54. The molecule has 9 heavy (non-hydrogen) atoms. The van der Waals surface area contributed by atoms with Crippen LogP contribution in [0.15, 0.2) is 12.8 Å². The van der Waals surface area contributed by atoms with Crippen LogP contribution in [0.3, 0.4) is 0 Å². The molecule has 1 unspecified atom stereocenters. The summed E-state index contributed by atoms with van der Waals surface area (Å²) in [4.78, 5) is 0. The molecule has 0 aliphatic rings. The molecular formula is C6H14O2Si. The van der Waals surface area contributed by atoms with E-state index in [1.54, 1.807) is 0 Å². The molecule has 0 saturated heterocycles. The van der Waals surface area contributed by atoms with Crippen LogP contribution in [0.4, 0.5) is 0 Å². The first kappa shape index (κ1) is 8.72. The quantitative estimate of drug-likeness (QED) is 0.321. The average Bonchev–Trinajstić information content (AvgIpc) is 1.88. The first-order valence-electron chi connectivity index (χ1n) is 3.14. The van der Waals surface area contributed by atoms with Crippen molar-refractivity contribution in [2.45, 2.75) is 26.1 Å². The SMILES string of the molecule is C=COC(CCC)O[SiH3]. The lowest BCUT2D eigenvalue weighted by Crippen LogP contribution is -2.11. The zero-order valence-electron chi connectivity index (χ0n) is 6.09. The van der Waals surface area contributed by atoms with Crippen LogP contribution in [0.2, 0.25) is 0 Å². The van der Waals surface area contributed by atoms with E-state index < -0.39 is 0 Å². The highest BCUT2D eigenvalue weighted by molar-refractivity contribution is 5.98. The van der Waals surface area contributed by atoms with Crippen LogP contribution in [0.1, 0.15) is 19.8 Å². The molecule has 0 fully saturated rings. The van der Waals surface area contributed by atoms with E-state index in [1.807, 2.05) is 0 Å². The van der Waals surface area contributed by atoms with Crippen molar-refractivity contribution in [1.82, 2.24) is 0 Å². The molecule has 0 bridgehead atoms. The third kappa shape index (κ3) is 4.24. The third-order valence-electron chi connectivity index (χ3n) is 1.04. The van der Waals surface area contributed by atoms with Crippen LogP contribution in [-0.4, -0.2) is 16.8 Å². The van der Waals surface area contributed by atoms with Gasteiger partial charge in [-0.1, -0.05) is 19.9 Å². The summed E-state index contributed by atoms with van der Waals surface area (Å²) in [5, 5.41) is 0. The Morgan fingerprint density at radius 3 is 2.78 bits per heavy atom. The Bertz CT molecular complexity index is 75.5. The zero-order valence-corrected chi connectivity index (χ0v) is 8.09. The Labute approximate surface area is 59.4 Å². The molecule has 0 saturated carbocycles. The van der Waals surface area contributed by atoms with Crippen LogP contribution < -0.4 is 0 Å². The van der Waals surface area contributed by atoms with Gasteiger partial charge in [0.05, 0.1) is 6.26 Å². The second-order valence-electron chi connectivity index (χ2n) is 1.76. The van der Waals surface area contributed by atoms with Gasteiger partial charge in [0.2, 0.25) is 0 Å². The molecular weight excluding hydrogens is 132 g/mol. The van der Waals surface area contributed by atoms with Crippen LogP contribution in [0.5, 0.6) is 0 Å². The molecule has 0 aromatic heterocycles. The third-order valence-corrected chi connectivity index (χ3v) is 1.56. The average molecular weight is 146 g/mol. The molecule has 2 nitrogen and oxygen atoms in total. The van der Waals surface area contributed by atoms with Gasteiger partial charge >= 0.3 is 0 Å². The van der Waals surface area contributed by atoms with Crippen molar-refractivity contribution >= 4 is 10.5 Å². The summed E-state index contributed by atoms with van der Waals surface area (Å²) in [6.07, 6.45) is 3.42. The topological polar surface area (TPSA) is 18.5 Å². The van der Waals surface area contributed by atoms with Gasteiger partial charge in [-0.2, -0.15) is 0 Å². The zero-order chi connectivity index (χ0) is 7.11. The van der Waals surface area contributed by atoms with Crippen molar-refractivity contribution < 1.29 is 9.16 Å². The maximum atomic E-state index is 5.08. The summed E-state index contributed by atoms with van der Waals surface area (Å²) >= 11 is 0. The molecule has 0 aromatic carbocycles. The molecule has 0 radical (unpaired) electrons. The molecule has 0 aliphatic carbocycles. The van der Waals surface area contributed by atoms with Crippen molar-refractivity contribution in [2.75, 3.05) is 0 Å². The fourth-order valence-electron chi connectivity index (χ4n) is 0.584. The summed E-state index contributed by atoms with van der Waals surface area (Å²) < 4.78 is 10.1. The van der Waals surface area contributed by atoms with E-state index in [4.69, 9.17) is 9.16 Å². The van der Waals surface area contributed by atoms with Gasteiger partial charge in [-0.3, -0.25) is 0 Å². The van der Waals surface area contributed by atoms with Crippen LogP contribution in [0, 0.1) is 0 Å². The lowest BCUT2D eigenvalue weighted by Gasteiger charge is -2.12. The Kier molecular flexibility index (Phi) is 5.66. The molecule has 0 N–H and O–H groups in total. The predicted molar refractivity (Wildman–Crippen MR) is 41.0 cm³/mol. The summed E-state index contributed by atoms with van der Waals surface area (Å²) in [5.41, 5.74) is 0. The number of hydrogen-bond acceptors (Lipinski definition) is 2. The van der Waals surface area contributed by atoms with Gasteiger partial charge in [-0.05, 0) is 0 Å². The molecule has 0 aromatic rings. The smallest absolute Gasteiger partial charge is 0.189 e. The predicted octanol–water partition coefficient (Wildman–Crippen LogP) is 0.570. The molecule has 0 aliphatic heterocycles. The largest absolute Gasteiger partial charge is 0.474 e. The minimum Gasteiger partial charge on any atom is -0.474 e. The Morgan fingerprint density at radius 1 is 1.78 bits per heavy atom. The standard InChI is InChI=1S/C6H14O2Si/c1-3-5-6(8-9)7-4-2/h4,6H,2-3,5H2,1,9H3. The van der Waals surface area contributed by atoms with Gasteiger partial charge in [0.15, 0.2) is 16.8 Å². The van der Waals surface area contributed by atoms with E-state index in [9.17, 15) is 0 Å². The van der Waals surface area contributed by atoms with Gasteiger partial charge in [-0.25, -0.2) is 0 Å². The number of hydrogen-bond donors (Lipinski definition) is 0. The Hall–Kier alpha value is -0.283. The lowest BCUT2D eigenvalue weighted by molar-refractivity contribution is -0.0296. The van der Waals surface area contributed by atoms with Gasteiger partial charge in [0, 0.05) is 6.42 Å². The van der Waals surface area contributed by atoms with E-state index in [0.29, 0.717) is 0 Å². The summed E-state index contributed by atoms with van der Waals surface area (Å²) in [6, 6.07) is 0. The van der Waals surface area contributed by atoms with E-state index in [0.717, 1.165) is 23.3 Å². The lowest BCUT2D eigenvalue weighted by atomic mass is 10.3. The number of ether oxygens (including phenoxy) is 1. The van der Waals surface area contributed by atoms with Crippen LogP contribution >= 0.6 is 0 Å². The fraction of sp³-hybridized carbons (Fsp3) is 0.667. The number of rotatable bonds is 5. The summed E-state index contributed by atoms with van der Waals surface area (Å²) in [5.74, 6) is 0. The van der Waals surface area contributed by atoms with E-state index in [2.05, 4.69) is 13.5 Å². The van der Waals surface area contributed by atoms with Gasteiger partial charge in [-0.15, -0.1) is 0 Å². The molecule has 0 spiro atoms. The van der Waals surface area contributed by atoms with E-state index >= 15 is 0 Å². The van der Waals surface area contributed by atoms with Crippen LogP contribution in [-0.2, 0) is 9.16 Å². The highest BCUT2D eigenvalue weighted by atomic mass is 28.2. The van der Waals surface area contributed by atoms with Crippen molar-refractivity contribution in [1.29, 1.82) is 0 Å². The second kappa shape index (κ2) is 5.85. The summed E-state index contributed by atoms with van der Waals surface area (Å²) in [7, 11) is 0.728. The fourth-order valence-corrected chi connectivity index (χ4v) is 0.931. The van der Waals surface area contributed by atoms with Crippen molar-refractivity contribution in [3.05, 3.63) is 12.8 Å². The second-order valence-corrected chi connectivity index (χ2v) is 2.23. The highest BCUT2D eigenvalue weighted by Crippen LogP contribution is 2.01. The first-order chi connectivity index (χ1) is 4.35. The minimum atomic E-state index is -0.0424.